The van der Waals surface area contributed by atoms with E-state index in [4.69, 9.17) is 12.2 Å². The number of carbonyl (C=O) groups excluding carboxylic acids is 1. The van der Waals surface area contributed by atoms with E-state index in [0.717, 1.165) is 28.4 Å². The topological polar surface area (TPSA) is 83.4 Å². The Morgan fingerprint density at radius 3 is 2.81 bits per heavy atom. The number of rotatable bonds is 6. The number of carboxylic acids is 1. The molecule has 134 valence electrons. The van der Waals surface area contributed by atoms with Crippen LogP contribution < -0.4 is 0 Å². The van der Waals surface area contributed by atoms with Gasteiger partial charge in [0.1, 0.15) is 10.4 Å². The van der Waals surface area contributed by atoms with Crippen molar-refractivity contribution < 1.29 is 14.7 Å². The van der Waals surface area contributed by atoms with Gasteiger partial charge in [-0.2, -0.15) is 11.8 Å². The van der Waals surface area contributed by atoms with E-state index < -0.39 is 12.0 Å². The fourth-order valence-electron chi connectivity index (χ4n) is 2.56. The summed E-state index contributed by atoms with van der Waals surface area (Å²) in [7, 11) is 0. The Bertz CT molecular complexity index is 916. The van der Waals surface area contributed by atoms with E-state index in [1.165, 1.54) is 16.7 Å². The number of benzene rings is 1. The lowest BCUT2D eigenvalue weighted by atomic mass is 10.1. The molecule has 1 unspecified atom stereocenters. The molecule has 0 bridgehead atoms. The van der Waals surface area contributed by atoms with Gasteiger partial charge >= 0.3 is 5.97 Å². The van der Waals surface area contributed by atoms with Crippen molar-refractivity contribution in [2.75, 3.05) is 12.0 Å². The van der Waals surface area contributed by atoms with Gasteiger partial charge in [0.05, 0.1) is 15.9 Å². The lowest BCUT2D eigenvalue weighted by Crippen LogP contribution is -2.44. The minimum absolute atomic E-state index is 0.273. The number of hydrogen-bond acceptors (Lipinski definition) is 7. The highest BCUT2D eigenvalue weighted by Crippen LogP contribution is 2.35. The van der Waals surface area contributed by atoms with Gasteiger partial charge in [-0.1, -0.05) is 30.0 Å². The van der Waals surface area contributed by atoms with Crippen LogP contribution in [0.25, 0.3) is 17.1 Å². The van der Waals surface area contributed by atoms with Gasteiger partial charge < -0.3 is 5.11 Å². The van der Waals surface area contributed by atoms with Crippen LogP contribution in [-0.2, 0) is 9.59 Å². The second kappa shape index (κ2) is 8.15. The summed E-state index contributed by atoms with van der Waals surface area (Å²) in [5.41, 5.74) is 2.27. The van der Waals surface area contributed by atoms with E-state index in [1.54, 1.807) is 18.5 Å². The third kappa shape index (κ3) is 3.89. The zero-order chi connectivity index (χ0) is 18.7. The molecular formula is C17H15N3O3S3. The molecule has 1 saturated heterocycles. The molecule has 9 heteroatoms. The predicted molar refractivity (Wildman–Crippen MR) is 109 cm³/mol. The van der Waals surface area contributed by atoms with E-state index in [-0.39, 0.29) is 10.2 Å². The molecular weight excluding hydrogens is 390 g/mol. The summed E-state index contributed by atoms with van der Waals surface area (Å²) in [6.07, 6.45) is 7.18. The third-order valence-corrected chi connectivity index (χ3v) is 5.78. The normalized spacial score (nSPS) is 17.3. The number of carbonyl (C=O) groups is 2. The smallest absolute Gasteiger partial charge is 0.326 e. The van der Waals surface area contributed by atoms with Crippen LogP contribution >= 0.6 is 35.7 Å². The van der Waals surface area contributed by atoms with Gasteiger partial charge in [0, 0.05) is 12.4 Å². The first kappa shape index (κ1) is 18.8. The average molecular weight is 406 g/mol. The summed E-state index contributed by atoms with van der Waals surface area (Å²) >= 11 is 7.93. The highest BCUT2D eigenvalue weighted by molar-refractivity contribution is 8.26. The monoisotopic (exact) mass is 405 g/mol. The highest BCUT2D eigenvalue weighted by atomic mass is 32.2. The SMILES string of the molecule is CSCCC(C(=O)O)N1C(=O)/C(=C\c2ccc3nccnc3c2)SC1=S. The van der Waals surface area contributed by atoms with E-state index in [1.807, 2.05) is 24.5 Å². The molecule has 1 atom stereocenters. The fourth-order valence-corrected chi connectivity index (χ4v) is 4.38. The average Bonchev–Trinajstić information content (AvgIpc) is 2.89. The van der Waals surface area contributed by atoms with Crippen LogP contribution in [-0.4, -0.2) is 54.2 Å². The molecule has 6 nitrogen and oxygen atoms in total. The number of carboxylic acid groups (broad SMARTS) is 1. The van der Waals surface area contributed by atoms with Crippen LogP contribution in [0.1, 0.15) is 12.0 Å². The Morgan fingerprint density at radius 2 is 2.12 bits per heavy atom. The van der Waals surface area contributed by atoms with Crippen molar-refractivity contribution in [1.82, 2.24) is 14.9 Å². The second-order valence-electron chi connectivity index (χ2n) is 5.49. The molecule has 2 heterocycles. The number of nitrogens with zero attached hydrogens (tertiary/aromatic N) is 3. The molecule has 1 amide bonds. The standard InChI is InChI=1S/C17H15N3O3S3/c1-25-7-4-13(16(22)23)20-15(21)14(26-17(20)24)9-10-2-3-11-12(8-10)19-6-5-18-11/h2-3,5-6,8-9,13H,4,7H2,1H3,(H,22,23)/b14-9+. The van der Waals surface area contributed by atoms with Crippen LogP contribution in [0.15, 0.2) is 35.5 Å². The molecule has 2 aromatic rings. The number of aromatic nitrogens is 2. The number of fused-ring (bicyclic) bond motifs is 1. The molecule has 1 aliphatic heterocycles. The molecule has 1 aliphatic rings. The number of thiocarbonyl (C=S) groups is 1. The zero-order valence-corrected chi connectivity index (χ0v) is 16.2. The Kier molecular flexibility index (Phi) is 5.90. The number of hydrogen-bond donors (Lipinski definition) is 1. The predicted octanol–water partition coefficient (Wildman–Crippen LogP) is 3.04. The van der Waals surface area contributed by atoms with Gasteiger partial charge in [-0.05, 0) is 42.2 Å². The first-order chi connectivity index (χ1) is 12.5. The summed E-state index contributed by atoms with van der Waals surface area (Å²) in [5, 5.41) is 9.48. The van der Waals surface area contributed by atoms with Gasteiger partial charge in [0.2, 0.25) is 0 Å². The third-order valence-electron chi connectivity index (χ3n) is 3.81. The van der Waals surface area contributed by atoms with E-state index in [9.17, 15) is 14.7 Å². The van der Waals surface area contributed by atoms with Crippen LogP contribution in [0.5, 0.6) is 0 Å². The number of aliphatic carboxylic acids is 1. The van der Waals surface area contributed by atoms with E-state index in [0.29, 0.717) is 17.1 Å². The van der Waals surface area contributed by atoms with Gasteiger partial charge in [0.15, 0.2) is 0 Å². The first-order valence-corrected chi connectivity index (χ1v) is 10.3. The Hall–Kier alpha value is -1.97. The summed E-state index contributed by atoms with van der Waals surface area (Å²) in [5.74, 6) is -0.776. The lowest BCUT2D eigenvalue weighted by Gasteiger charge is -2.22. The minimum atomic E-state index is -1.04. The van der Waals surface area contributed by atoms with Crippen LogP contribution in [0.2, 0.25) is 0 Å². The van der Waals surface area contributed by atoms with Gasteiger partial charge in [-0.15, -0.1) is 0 Å². The van der Waals surface area contributed by atoms with Crippen molar-refractivity contribution in [3.63, 3.8) is 0 Å². The number of amides is 1. The maximum atomic E-state index is 12.7. The molecule has 1 aromatic carbocycles. The summed E-state index contributed by atoms with van der Waals surface area (Å²) in [4.78, 5) is 34.4. The molecule has 0 saturated carbocycles. The molecule has 0 spiro atoms. The van der Waals surface area contributed by atoms with Gasteiger partial charge in [-0.3, -0.25) is 19.7 Å². The quantitative estimate of drug-likeness (QED) is 0.580. The van der Waals surface area contributed by atoms with E-state index in [2.05, 4.69) is 9.97 Å². The minimum Gasteiger partial charge on any atom is -0.480 e. The Labute approximate surface area is 164 Å². The molecule has 26 heavy (non-hydrogen) atoms. The largest absolute Gasteiger partial charge is 0.480 e. The molecule has 1 aromatic heterocycles. The maximum Gasteiger partial charge on any atom is 0.326 e. The molecule has 1 fully saturated rings. The summed E-state index contributed by atoms with van der Waals surface area (Å²) in [6, 6.07) is 4.56. The van der Waals surface area contributed by atoms with Crippen molar-refractivity contribution in [2.24, 2.45) is 0 Å². The maximum absolute atomic E-state index is 12.7. The van der Waals surface area contributed by atoms with Gasteiger partial charge in [-0.25, -0.2) is 4.79 Å². The van der Waals surface area contributed by atoms with Crippen LogP contribution in [0.4, 0.5) is 0 Å². The first-order valence-electron chi connectivity index (χ1n) is 7.71. The van der Waals surface area contributed by atoms with Crippen molar-refractivity contribution in [3.05, 3.63) is 41.1 Å². The van der Waals surface area contributed by atoms with Crippen LogP contribution in [0, 0.1) is 0 Å². The molecule has 1 N–H and O–H groups in total. The Morgan fingerprint density at radius 1 is 1.38 bits per heavy atom. The van der Waals surface area contributed by atoms with E-state index >= 15 is 0 Å². The lowest BCUT2D eigenvalue weighted by molar-refractivity contribution is -0.145. The highest BCUT2D eigenvalue weighted by Gasteiger charge is 2.40. The van der Waals surface area contributed by atoms with Crippen molar-refractivity contribution in [2.45, 2.75) is 12.5 Å². The van der Waals surface area contributed by atoms with Crippen LogP contribution in [0.3, 0.4) is 0 Å². The Balaban J connectivity index is 1.89. The molecule has 3 rings (SSSR count). The van der Waals surface area contributed by atoms with Crippen molar-refractivity contribution in [3.8, 4) is 0 Å². The van der Waals surface area contributed by atoms with Crippen molar-refractivity contribution in [1.29, 1.82) is 0 Å². The second-order valence-corrected chi connectivity index (χ2v) is 8.15. The van der Waals surface area contributed by atoms with Gasteiger partial charge in [0.25, 0.3) is 5.91 Å². The molecule has 0 aliphatic carbocycles. The summed E-state index contributed by atoms with van der Waals surface area (Å²) < 4.78 is 0.273. The summed E-state index contributed by atoms with van der Waals surface area (Å²) in [6.45, 7) is 0. The number of thioether (sulfide) groups is 2. The van der Waals surface area contributed by atoms with Crippen molar-refractivity contribution >= 4 is 69.0 Å². The molecule has 0 radical (unpaired) electrons. The zero-order valence-electron chi connectivity index (χ0n) is 13.8. The fraction of sp³-hybridized carbons (Fsp3) is 0.235.